The van der Waals surface area contributed by atoms with Gasteiger partial charge in [-0.2, -0.15) is 5.10 Å². The minimum atomic E-state index is -1.40. The van der Waals surface area contributed by atoms with E-state index in [9.17, 15) is 19.2 Å². The van der Waals surface area contributed by atoms with Crippen molar-refractivity contribution in [3.05, 3.63) is 71.8 Å². The third kappa shape index (κ3) is 7.82. The summed E-state index contributed by atoms with van der Waals surface area (Å²) in [5.41, 5.74) is -0.525. The molecule has 2 N–H and O–H groups in total. The number of nitrogens with zero attached hydrogens (tertiary/aromatic N) is 3. The van der Waals surface area contributed by atoms with Gasteiger partial charge in [0.25, 0.3) is 5.91 Å². The van der Waals surface area contributed by atoms with Gasteiger partial charge in [0.2, 0.25) is 11.8 Å². The Morgan fingerprint density at radius 2 is 1.59 bits per heavy atom. The minimum absolute atomic E-state index is 0.112. The Morgan fingerprint density at radius 3 is 2.20 bits per heavy atom. The van der Waals surface area contributed by atoms with Crippen LogP contribution in [0.1, 0.15) is 52.2 Å². The lowest BCUT2D eigenvalue weighted by Crippen LogP contribution is -2.63. The number of amides is 4. The molecule has 0 aromatic heterocycles. The van der Waals surface area contributed by atoms with Gasteiger partial charge in [0.15, 0.2) is 0 Å². The van der Waals surface area contributed by atoms with Gasteiger partial charge < -0.3 is 25.0 Å². The fourth-order valence-electron chi connectivity index (χ4n) is 5.43. The number of fused-ring (bicyclic) bond motifs is 1. The van der Waals surface area contributed by atoms with Gasteiger partial charge in [0, 0.05) is 26.6 Å². The second kappa shape index (κ2) is 13.2. The fourth-order valence-corrected chi connectivity index (χ4v) is 5.43. The van der Waals surface area contributed by atoms with Gasteiger partial charge in [-0.15, -0.1) is 0 Å². The zero-order valence-electron chi connectivity index (χ0n) is 26.4. The summed E-state index contributed by atoms with van der Waals surface area (Å²) in [4.78, 5) is 55.3. The summed E-state index contributed by atoms with van der Waals surface area (Å²) in [7, 11) is 1.63. The number of nitrogens with one attached hydrogen (secondary N) is 2. The van der Waals surface area contributed by atoms with Crippen molar-refractivity contribution in [3.8, 4) is 0 Å². The topological polar surface area (TPSA) is 130 Å². The van der Waals surface area contributed by atoms with Gasteiger partial charge in [0.05, 0.1) is 18.9 Å². The largest absolute Gasteiger partial charge is 0.444 e. The van der Waals surface area contributed by atoms with Crippen molar-refractivity contribution >= 4 is 29.5 Å². The molecule has 0 saturated carbocycles. The van der Waals surface area contributed by atoms with E-state index in [1.165, 1.54) is 18.9 Å². The van der Waals surface area contributed by atoms with Crippen LogP contribution in [-0.4, -0.2) is 83.4 Å². The first-order chi connectivity index (χ1) is 20.7. The van der Waals surface area contributed by atoms with E-state index in [1.807, 2.05) is 60.7 Å². The maximum absolute atomic E-state index is 14.1. The molecule has 4 rings (SSSR count). The Balaban J connectivity index is 1.54. The number of hydrogen-bond donors (Lipinski definition) is 2. The molecule has 2 aliphatic rings. The molecule has 2 aliphatic heterocycles. The van der Waals surface area contributed by atoms with E-state index in [1.54, 1.807) is 32.7 Å². The van der Waals surface area contributed by atoms with Crippen molar-refractivity contribution in [1.29, 1.82) is 0 Å². The predicted octanol–water partition coefficient (Wildman–Crippen LogP) is 3.28. The Labute approximate surface area is 258 Å². The van der Waals surface area contributed by atoms with E-state index in [0.717, 1.165) is 16.8 Å². The van der Waals surface area contributed by atoms with Crippen LogP contribution in [-0.2, 0) is 36.9 Å². The van der Waals surface area contributed by atoms with Crippen LogP contribution in [0.3, 0.4) is 0 Å². The molecule has 0 aliphatic carbocycles. The van der Waals surface area contributed by atoms with Gasteiger partial charge in [-0.05, 0) is 52.2 Å². The Hall–Kier alpha value is -4.25. The van der Waals surface area contributed by atoms with Crippen LogP contribution in [0.15, 0.2) is 65.8 Å². The van der Waals surface area contributed by atoms with E-state index in [-0.39, 0.29) is 31.6 Å². The number of hydrazone groups is 1. The second-order valence-corrected chi connectivity index (χ2v) is 12.9. The van der Waals surface area contributed by atoms with Crippen molar-refractivity contribution in [2.24, 2.45) is 10.5 Å². The van der Waals surface area contributed by atoms with Gasteiger partial charge in [-0.25, -0.2) is 9.80 Å². The maximum atomic E-state index is 14.1. The molecule has 1 unspecified atom stereocenters. The number of alkyl carbamates (subject to hydrolysis) is 1. The molecule has 4 amide bonds. The molecule has 1 saturated heterocycles. The number of benzene rings is 2. The summed E-state index contributed by atoms with van der Waals surface area (Å²) in [5.74, 6) is -1.13. The third-order valence-corrected chi connectivity index (χ3v) is 7.65. The van der Waals surface area contributed by atoms with Crippen LogP contribution in [0.2, 0.25) is 0 Å². The molecule has 2 aromatic carbocycles. The first-order valence-electron chi connectivity index (χ1n) is 14.8. The highest BCUT2D eigenvalue weighted by atomic mass is 16.6. The molecule has 0 spiro atoms. The predicted molar refractivity (Wildman–Crippen MR) is 165 cm³/mol. The Morgan fingerprint density at radius 1 is 0.977 bits per heavy atom. The average molecular weight is 606 g/mol. The zero-order valence-corrected chi connectivity index (χ0v) is 26.4. The van der Waals surface area contributed by atoms with E-state index in [4.69, 9.17) is 9.47 Å². The standard InChI is InChI=1S/C33H43N5O6/c1-31(2,3)44-30(42)35-32(4,5)28(40)34-25(21-43-20-24-15-11-8-12-16-24)27(39)38-18-17-26-33(22-38,29(41)37(6)36-26)19-23-13-9-7-10-14-23/h7-16,25H,17-22H2,1-6H3,(H,34,40)(H,35,42)/t25-,33?/m1/s1. The monoisotopic (exact) mass is 605 g/mol. The van der Waals surface area contributed by atoms with Crippen LogP contribution in [0.25, 0.3) is 0 Å². The SMILES string of the molecule is CN1N=C2CCN(C(=O)[C@@H](COCc3ccccc3)NC(=O)C(C)(C)NC(=O)OC(C)(C)C)CC2(Cc2ccccc2)C1=O. The van der Waals surface area contributed by atoms with Crippen LogP contribution in [0.4, 0.5) is 4.79 Å². The number of ether oxygens (including phenoxy) is 2. The smallest absolute Gasteiger partial charge is 0.408 e. The fraction of sp³-hybridized carbons (Fsp3) is 0.485. The first-order valence-corrected chi connectivity index (χ1v) is 14.8. The molecular weight excluding hydrogens is 562 g/mol. The summed E-state index contributed by atoms with van der Waals surface area (Å²) < 4.78 is 11.3. The van der Waals surface area contributed by atoms with Crippen molar-refractivity contribution in [2.75, 3.05) is 26.7 Å². The quantitative estimate of drug-likeness (QED) is 0.428. The Bertz CT molecular complexity index is 1390. The van der Waals surface area contributed by atoms with E-state index < -0.39 is 34.6 Å². The highest BCUT2D eigenvalue weighted by Crippen LogP contribution is 2.38. The second-order valence-electron chi connectivity index (χ2n) is 12.9. The molecular formula is C33H43N5O6. The summed E-state index contributed by atoms with van der Waals surface area (Å²) in [6.45, 7) is 8.82. The molecule has 44 heavy (non-hydrogen) atoms. The highest BCUT2D eigenvalue weighted by Gasteiger charge is 2.54. The Kier molecular flexibility index (Phi) is 9.78. The van der Waals surface area contributed by atoms with E-state index in [0.29, 0.717) is 19.4 Å². The average Bonchev–Trinajstić information content (AvgIpc) is 3.20. The van der Waals surface area contributed by atoms with Crippen LogP contribution >= 0.6 is 0 Å². The normalized spacial score (nSPS) is 19.1. The molecule has 0 radical (unpaired) electrons. The van der Waals surface area contributed by atoms with Crippen molar-refractivity contribution in [2.45, 2.75) is 71.2 Å². The highest BCUT2D eigenvalue weighted by molar-refractivity contribution is 6.13. The van der Waals surface area contributed by atoms with Crippen LogP contribution in [0.5, 0.6) is 0 Å². The van der Waals surface area contributed by atoms with Gasteiger partial charge in [0.1, 0.15) is 22.6 Å². The molecule has 236 valence electrons. The van der Waals surface area contributed by atoms with Crippen molar-refractivity contribution in [3.63, 3.8) is 0 Å². The van der Waals surface area contributed by atoms with Crippen molar-refractivity contribution < 1.29 is 28.7 Å². The molecule has 11 heteroatoms. The molecule has 11 nitrogen and oxygen atoms in total. The van der Waals surface area contributed by atoms with Gasteiger partial charge >= 0.3 is 6.09 Å². The number of likely N-dealkylation sites (tertiary alicyclic amines) is 1. The molecule has 2 atom stereocenters. The summed E-state index contributed by atoms with van der Waals surface area (Å²) in [6, 6.07) is 18.1. The summed E-state index contributed by atoms with van der Waals surface area (Å²) >= 11 is 0. The van der Waals surface area contributed by atoms with E-state index >= 15 is 0 Å². The third-order valence-electron chi connectivity index (χ3n) is 7.65. The number of piperidine rings is 1. The molecule has 0 bridgehead atoms. The van der Waals surface area contributed by atoms with Crippen LogP contribution < -0.4 is 10.6 Å². The number of hydrogen-bond acceptors (Lipinski definition) is 7. The summed E-state index contributed by atoms with van der Waals surface area (Å²) in [5, 5.41) is 11.3. The van der Waals surface area contributed by atoms with Crippen LogP contribution in [0, 0.1) is 5.41 Å². The van der Waals surface area contributed by atoms with Crippen molar-refractivity contribution in [1.82, 2.24) is 20.5 Å². The maximum Gasteiger partial charge on any atom is 0.408 e. The minimum Gasteiger partial charge on any atom is -0.444 e. The summed E-state index contributed by atoms with van der Waals surface area (Å²) in [6.07, 6.45) is 0.0651. The lowest BCUT2D eigenvalue weighted by Gasteiger charge is -2.41. The molecule has 1 fully saturated rings. The zero-order chi connectivity index (χ0) is 32.1. The number of carbonyl (C=O) groups is 4. The first kappa shape index (κ1) is 32.7. The lowest BCUT2D eigenvalue weighted by atomic mass is 9.73. The number of rotatable bonds is 10. The van der Waals surface area contributed by atoms with Gasteiger partial charge in [-0.1, -0.05) is 60.7 Å². The lowest BCUT2D eigenvalue weighted by molar-refractivity contribution is -0.144. The molecule has 2 heterocycles. The van der Waals surface area contributed by atoms with Gasteiger partial charge in [-0.3, -0.25) is 14.4 Å². The van der Waals surface area contributed by atoms with E-state index in [2.05, 4.69) is 15.7 Å². The number of carbonyl (C=O) groups excluding carboxylic acids is 4. The molecule has 2 aromatic rings.